The predicted octanol–water partition coefficient (Wildman–Crippen LogP) is 4.53. The van der Waals surface area contributed by atoms with Crippen LogP contribution in [0.1, 0.15) is 35.6 Å². The van der Waals surface area contributed by atoms with Crippen LogP contribution in [0.3, 0.4) is 0 Å². The van der Waals surface area contributed by atoms with Crippen LogP contribution in [0, 0.1) is 5.82 Å². The normalized spacial score (nSPS) is 10.8. The van der Waals surface area contributed by atoms with E-state index >= 15 is 0 Å². The molecule has 1 aromatic carbocycles. The zero-order chi connectivity index (χ0) is 15.1. The lowest BCUT2D eigenvalue weighted by atomic mass is 10.2. The first kappa shape index (κ1) is 16.0. The zero-order valence-corrected chi connectivity index (χ0v) is 13.4. The lowest BCUT2D eigenvalue weighted by Gasteiger charge is -2.08. The molecule has 2 rings (SSSR count). The molecule has 4 heteroatoms. The predicted molar refractivity (Wildman–Crippen MR) is 86.4 cm³/mol. The first-order valence-corrected chi connectivity index (χ1v) is 8.24. The van der Waals surface area contributed by atoms with Crippen LogP contribution in [0.2, 0.25) is 0 Å². The molecule has 2 aromatic rings. The fraction of sp³-hybridized carbons (Fsp3) is 0.412. The second-order valence-corrected chi connectivity index (χ2v) is 6.20. The van der Waals surface area contributed by atoms with Gasteiger partial charge in [0.15, 0.2) is 11.6 Å². The number of hydrogen-bond acceptors (Lipinski definition) is 3. The van der Waals surface area contributed by atoms with Gasteiger partial charge in [0.05, 0.1) is 0 Å². The van der Waals surface area contributed by atoms with Gasteiger partial charge in [0, 0.05) is 16.3 Å². The zero-order valence-electron chi connectivity index (χ0n) is 12.6. The Labute approximate surface area is 130 Å². The molecule has 0 radical (unpaired) electrons. The van der Waals surface area contributed by atoms with Crippen molar-refractivity contribution in [3.63, 3.8) is 0 Å². The first-order valence-electron chi connectivity index (χ1n) is 7.42. The number of benzene rings is 1. The SMILES string of the molecule is CCCNCc1ccc(OCc2ccc(CC)s2)c(F)c1. The maximum atomic E-state index is 14.0. The molecule has 0 unspecified atom stereocenters. The van der Waals surface area contributed by atoms with Crippen molar-refractivity contribution < 1.29 is 9.13 Å². The lowest BCUT2D eigenvalue weighted by Crippen LogP contribution is -2.13. The van der Waals surface area contributed by atoms with E-state index < -0.39 is 0 Å². The highest BCUT2D eigenvalue weighted by Crippen LogP contribution is 2.22. The van der Waals surface area contributed by atoms with Crippen LogP contribution < -0.4 is 10.1 Å². The summed E-state index contributed by atoms with van der Waals surface area (Å²) in [7, 11) is 0. The summed E-state index contributed by atoms with van der Waals surface area (Å²) in [5.41, 5.74) is 0.942. The van der Waals surface area contributed by atoms with Crippen molar-refractivity contribution in [3.8, 4) is 5.75 Å². The third kappa shape index (κ3) is 4.83. The molecule has 0 saturated carbocycles. The number of ether oxygens (including phenoxy) is 1. The Balaban J connectivity index is 1.91. The molecule has 2 nitrogen and oxygen atoms in total. The van der Waals surface area contributed by atoms with Crippen molar-refractivity contribution in [3.05, 3.63) is 51.5 Å². The molecular weight excluding hydrogens is 285 g/mol. The lowest BCUT2D eigenvalue weighted by molar-refractivity contribution is 0.293. The van der Waals surface area contributed by atoms with Crippen LogP contribution in [-0.4, -0.2) is 6.54 Å². The van der Waals surface area contributed by atoms with Gasteiger partial charge in [-0.25, -0.2) is 4.39 Å². The molecule has 0 saturated heterocycles. The van der Waals surface area contributed by atoms with E-state index in [0.717, 1.165) is 29.8 Å². The van der Waals surface area contributed by atoms with Gasteiger partial charge in [0.2, 0.25) is 0 Å². The first-order chi connectivity index (χ1) is 10.2. The molecule has 114 valence electrons. The summed E-state index contributed by atoms with van der Waals surface area (Å²) in [5, 5.41) is 3.26. The summed E-state index contributed by atoms with van der Waals surface area (Å²) in [5.74, 6) is 0.0266. The molecule has 0 aliphatic rings. The van der Waals surface area contributed by atoms with Crippen molar-refractivity contribution in [2.75, 3.05) is 6.54 Å². The molecule has 1 heterocycles. The third-order valence-electron chi connectivity index (χ3n) is 3.19. The van der Waals surface area contributed by atoms with Crippen molar-refractivity contribution in [2.45, 2.75) is 39.8 Å². The standard InChI is InChI=1S/C17H22FNOS/c1-3-9-19-11-13-5-8-17(16(18)10-13)20-12-15-7-6-14(4-2)21-15/h5-8,10,19H,3-4,9,11-12H2,1-2H3. The summed E-state index contributed by atoms with van der Waals surface area (Å²) in [6, 6.07) is 9.32. The average molecular weight is 307 g/mol. The highest BCUT2D eigenvalue weighted by molar-refractivity contribution is 7.11. The van der Waals surface area contributed by atoms with Crippen LogP contribution in [0.4, 0.5) is 4.39 Å². The number of nitrogens with one attached hydrogen (secondary N) is 1. The Hall–Kier alpha value is -1.39. The Bertz CT molecular complexity index is 568. The molecule has 0 spiro atoms. The molecule has 0 aliphatic heterocycles. The summed E-state index contributed by atoms with van der Waals surface area (Å²) in [6.45, 7) is 6.29. The molecule has 0 aliphatic carbocycles. The maximum Gasteiger partial charge on any atom is 0.165 e. The van der Waals surface area contributed by atoms with Crippen molar-refractivity contribution in [1.82, 2.24) is 5.32 Å². The minimum Gasteiger partial charge on any atom is -0.485 e. The average Bonchev–Trinajstić information content (AvgIpc) is 2.95. The topological polar surface area (TPSA) is 21.3 Å². The fourth-order valence-electron chi connectivity index (χ4n) is 2.02. The fourth-order valence-corrected chi connectivity index (χ4v) is 2.89. The minimum absolute atomic E-state index is 0.293. The summed E-state index contributed by atoms with van der Waals surface area (Å²) in [4.78, 5) is 2.45. The van der Waals surface area contributed by atoms with Gasteiger partial charge in [-0.2, -0.15) is 0 Å². The number of aryl methyl sites for hydroxylation is 1. The van der Waals surface area contributed by atoms with Crippen LogP contribution in [0.15, 0.2) is 30.3 Å². The van der Waals surface area contributed by atoms with E-state index in [0.29, 0.717) is 18.9 Å². The smallest absolute Gasteiger partial charge is 0.165 e. The van der Waals surface area contributed by atoms with E-state index in [1.54, 1.807) is 23.5 Å². The van der Waals surface area contributed by atoms with E-state index in [1.807, 2.05) is 12.1 Å². The molecular formula is C17H22FNOS. The third-order valence-corrected chi connectivity index (χ3v) is 4.39. The second-order valence-electron chi connectivity index (χ2n) is 4.95. The van der Waals surface area contributed by atoms with E-state index in [1.165, 1.54) is 4.88 Å². The van der Waals surface area contributed by atoms with Crippen molar-refractivity contribution >= 4 is 11.3 Å². The molecule has 1 aromatic heterocycles. The second kappa shape index (κ2) is 8.15. The van der Waals surface area contributed by atoms with Gasteiger partial charge in [0.25, 0.3) is 0 Å². The molecule has 0 fully saturated rings. The Morgan fingerprint density at radius 1 is 1.14 bits per heavy atom. The van der Waals surface area contributed by atoms with Gasteiger partial charge >= 0.3 is 0 Å². The monoisotopic (exact) mass is 307 g/mol. The quantitative estimate of drug-likeness (QED) is 0.724. The number of thiophene rings is 1. The van der Waals surface area contributed by atoms with Crippen molar-refractivity contribution in [2.24, 2.45) is 0 Å². The van der Waals surface area contributed by atoms with E-state index in [4.69, 9.17) is 4.74 Å². The molecule has 0 amide bonds. The molecule has 21 heavy (non-hydrogen) atoms. The summed E-state index contributed by atoms with van der Waals surface area (Å²) in [6.07, 6.45) is 2.10. The van der Waals surface area contributed by atoms with Crippen molar-refractivity contribution in [1.29, 1.82) is 0 Å². The van der Waals surface area contributed by atoms with Crippen LogP contribution in [0.5, 0.6) is 5.75 Å². The van der Waals surface area contributed by atoms with Gasteiger partial charge in [-0.15, -0.1) is 11.3 Å². The minimum atomic E-state index is -0.293. The number of halogens is 1. The van der Waals surface area contributed by atoms with Gasteiger partial charge < -0.3 is 10.1 Å². The van der Waals surface area contributed by atoms with Gasteiger partial charge in [-0.1, -0.05) is 19.9 Å². The number of hydrogen-bond donors (Lipinski definition) is 1. The Kier molecular flexibility index (Phi) is 6.21. The highest BCUT2D eigenvalue weighted by atomic mass is 32.1. The van der Waals surface area contributed by atoms with Crippen LogP contribution >= 0.6 is 11.3 Å². The summed E-state index contributed by atoms with van der Waals surface area (Å²) >= 11 is 1.72. The van der Waals surface area contributed by atoms with Crippen LogP contribution in [-0.2, 0) is 19.6 Å². The van der Waals surface area contributed by atoms with Gasteiger partial charge in [-0.3, -0.25) is 0 Å². The molecule has 0 bridgehead atoms. The summed E-state index contributed by atoms with van der Waals surface area (Å²) < 4.78 is 19.6. The Morgan fingerprint density at radius 3 is 2.62 bits per heavy atom. The Morgan fingerprint density at radius 2 is 1.95 bits per heavy atom. The molecule has 0 atom stereocenters. The highest BCUT2D eigenvalue weighted by Gasteiger charge is 2.06. The van der Waals surface area contributed by atoms with E-state index in [2.05, 4.69) is 25.2 Å². The van der Waals surface area contributed by atoms with Crippen LogP contribution in [0.25, 0.3) is 0 Å². The maximum absolute atomic E-state index is 14.0. The largest absolute Gasteiger partial charge is 0.485 e. The van der Waals surface area contributed by atoms with Gasteiger partial charge in [0.1, 0.15) is 6.61 Å². The molecule has 1 N–H and O–H groups in total. The van der Waals surface area contributed by atoms with E-state index in [9.17, 15) is 4.39 Å². The number of rotatable bonds is 8. The van der Waals surface area contributed by atoms with Gasteiger partial charge in [-0.05, 0) is 49.2 Å². The van der Waals surface area contributed by atoms with E-state index in [-0.39, 0.29) is 5.82 Å².